The molecule has 0 atom stereocenters. The average molecular weight is 820 g/mol. The van der Waals surface area contributed by atoms with E-state index in [4.69, 9.17) is 8.53 Å². The minimum Gasteiger partial charge on any atom is -0.501 e. The van der Waals surface area contributed by atoms with E-state index >= 15 is 0 Å². The number of hydrogen-bond acceptors (Lipinski definition) is 3. The zero-order chi connectivity index (χ0) is 35.6. The fraction of sp³-hybridized carbons (Fsp3) is 0.0909. The number of halogens is 1. The third-order valence-electron chi connectivity index (χ3n) is 8.59. The van der Waals surface area contributed by atoms with Gasteiger partial charge in [-0.1, -0.05) is 104 Å². The van der Waals surface area contributed by atoms with Gasteiger partial charge in [0.05, 0.1) is 5.58 Å². The van der Waals surface area contributed by atoms with E-state index in [1.807, 2.05) is 60.7 Å². The van der Waals surface area contributed by atoms with Gasteiger partial charge in [-0.2, -0.15) is 0 Å². The van der Waals surface area contributed by atoms with E-state index in [0.717, 1.165) is 44.3 Å². The predicted molar refractivity (Wildman–Crippen MR) is 193 cm³/mol. The molecule has 3 nitrogen and oxygen atoms in total. The summed E-state index contributed by atoms with van der Waals surface area (Å²) in [4.78, 5) is 8.83. The van der Waals surface area contributed by atoms with E-state index in [9.17, 15) is 4.39 Å². The smallest absolute Gasteiger partial charge is 0.123 e. The van der Waals surface area contributed by atoms with E-state index < -0.39 is 6.85 Å². The van der Waals surface area contributed by atoms with Crippen LogP contribution in [0.15, 0.2) is 150 Å². The minimum absolute atomic E-state index is 0. The van der Waals surface area contributed by atoms with Gasteiger partial charge < -0.3 is 14.4 Å². The number of hydrogen-bond donors (Lipinski definition) is 0. The molecule has 0 saturated carbocycles. The topological polar surface area (TPSA) is 38.9 Å². The zero-order valence-electron chi connectivity index (χ0n) is 29.9. The number of benzene rings is 5. The van der Waals surface area contributed by atoms with Crippen LogP contribution in [0.4, 0.5) is 4.39 Å². The van der Waals surface area contributed by atoms with Crippen LogP contribution >= 0.6 is 0 Å². The number of para-hydroxylation sites is 1. The maximum atomic E-state index is 13.2. The molecule has 0 bridgehead atoms. The summed E-state index contributed by atoms with van der Waals surface area (Å²) in [6.45, 7) is 2.30. The van der Waals surface area contributed by atoms with E-state index in [0.29, 0.717) is 11.3 Å². The Morgan fingerprint density at radius 2 is 1.47 bits per heavy atom. The van der Waals surface area contributed by atoms with Crippen LogP contribution < -0.4 is 0 Å². The van der Waals surface area contributed by atoms with Crippen LogP contribution in [0.3, 0.4) is 0 Å². The molecule has 0 unspecified atom stereocenters. The molecule has 0 aliphatic carbocycles. The summed E-state index contributed by atoms with van der Waals surface area (Å²) in [5.74, 6) is -0.234. The number of aromatic nitrogens is 2. The first-order valence-corrected chi connectivity index (χ1v) is 15.7. The van der Waals surface area contributed by atoms with Crippen molar-refractivity contribution in [1.29, 1.82) is 0 Å². The number of aryl methyl sites for hydroxylation is 1. The Balaban J connectivity index is 0.000000178. The van der Waals surface area contributed by atoms with E-state index in [1.54, 1.807) is 30.5 Å². The molecular formula is C44H33FIrN2O-2. The molecule has 5 heteroatoms. The molecule has 243 valence electrons. The van der Waals surface area contributed by atoms with Crippen LogP contribution in [-0.2, 0) is 25.5 Å². The summed E-state index contributed by atoms with van der Waals surface area (Å²) in [6, 6.07) is 48.6. The fourth-order valence-electron chi connectivity index (χ4n) is 5.85. The van der Waals surface area contributed by atoms with E-state index in [1.165, 1.54) is 29.5 Å². The Labute approximate surface area is 304 Å². The van der Waals surface area contributed by atoms with Crippen molar-refractivity contribution < 1.29 is 33.0 Å². The van der Waals surface area contributed by atoms with Gasteiger partial charge in [0.2, 0.25) is 0 Å². The SMILES string of the molecule is CC(C)(c1ccccc1)c1cc[c-]c(-c2cc(-c3ccc(F)cc3)ccn2)c1.[2H]C([2H])([2H])c1ccc(-c2[c-]ccc3c2oc2ccccc23)nc1.[Ir]. The van der Waals surface area contributed by atoms with Crippen molar-refractivity contribution in [3.05, 3.63) is 180 Å². The monoisotopic (exact) mass is 820 g/mol. The molecule has 8 aromatic rings. The van der Waals surface area contributed by atoms with Gasteiger partial charge in [0.15, 0.2) is 0 Å². The molecule has 0 aliphatic heterocycles. The third-order valence-corrected chi connectivity index (χ3v) is 8.59. The van der Waals surface area contributed by atoms with Gasteiger partial charge in [-0.05, 0) is 70.2 Å². The first-order valence-electron chi connectivity index (χ1n) is 17.2. The third kappa shape index (κ3) is 7.15. The average Bonchev–Trinajstić information content (AvgIpc) is 3.55. The van der Waals surface area contributed by atoms with E-state index in [2.05, 4.69) is 72.3 Å². The Bertz CT molecular complexity index is 2440. The van der Waals surface area contributed by atoms with Gasteiger partial charge in [-0.25, -0.2) is 4.39 Å². The first-order chi connectivity index (χ1) is 24.6. The van der Waals surface area contributed by atoms with Crippen molar-refractivity contribution in [2.24, 2.45) is 0 Å². The molecule has 0 amide bonds. The number of nitrogens with zero attached hydrogens (tertiary/aromatic N) is 2. The van der Waals surface area contributed by atoms with Gasteiger partial charge in [-0.15, -0.1) is 53.6 Å². The molecule has 0 fully saturated rings. The second kappa shape index (κ2) is 14.5. The summed E-state index contributed by atoms with van der Waals surface area (Å²) in [7, 11) is 0. The van der Waals surface area contributed by atoms with Crippen LogP contribution in [0, 0.1) is 24.8 Å². The summed E-state index contributed by atoms with van der Waals surface area (Å²) in [5.41, 5.74) is 9.23. The molecule has 0 saturated heterocycles. The van der Waals surface area contributed by atoms with Gasteiger partial charge in [0.1, 0.15) is 11.4 Å². The van der Waals surface area contributed by atoms with Crippen molar-refractivity contribution >= 4 is 21.9 Å². The number of rotatable bonds is 5. The molecule has 3 aromatic heterocycles. The van der Waals surface area contributed by atoms with Gasteiger partial charge in [0, 0.05) is 42.0 Å². The molecule has 49 heavy (non-hydrogen) atoms. The normalized spacial score (nSPS) is 12.3. The molecular weight excluding hydrogens is 784 g/mol. The molecule has 8 rings (SSSR count). The number of furan rings is 1. The largest absolute Gasteiger partial charge is 0.501 e. The predicted octanol–water partition coefficient (Wildman–Crippen LogP) is 11.4. The number of fused-ring (bicyclic) bond motifs is 3. The molecule has 0 N–H and O–H groups in total. The maximum Gasteiger partial charge on any atom is 0.123 e. The van der Waals surface area contributed by atoms with Crippen molar-refractivity contribution in [3.8, 4) is 33.6 Å². The van der Waals surface area contributed by atoms with Gasteiger partial charge >= 0.3 is 0 Å². The Morgan fingerprint density at radius 3 is 2.24 bits per heavy atom. The molecule has 5 aromatic carbocycles. The van der Waals surface area contributed by atoms with Crippen molar-refractivity contribution in [3.63, 3.8) is 0 Å². The zero-order valence-corrected chi connectivity index (χ0v) is 29.3. The summed E-state index contributed by atoms with van der Waals surface area (Å²) >= 11 is 0. The Hall–Kier alpha value is -5.22. The Kier molecular flexibility index (Phi) is 8.84. The maximum absolute atomic E-state index is 13.2. The van der Waals surface area contributed by atoms with Crippen LogP contribution in [0.5, 0.6) is 0 Å². The van der Waals surface area contributed by atoms with Crippen molar-refractivity contribution in [2.75, 3.05) is 0 Å². The number of pyridine rings is 2. The van der Waals surface area contributed by atoms with Crippen molar-refractivity contribution in [1.82, 2.24) is 9.97 Å². The standard InChI is InChI=1S/C26H21FN.C18H12NO.Ir/c1-26(2,22-8-4-3-5-9-22)23-10-6-7-21(17-23)25-18-20(15-16-28-25)19-11-13-24(27)14-12-19;1-12-9-10-16(19-11-12)15-7-4-6-14-13-5-2-3-8-17(13)20-18(14)15;/h3-6,8-18H,1-2H3;2-6,8-11H,1H3;/q2*-1;/i;1D3;. The van der Waals surface area contributed by atoms with Crippen LogP contribution in [-0.4, -0.2) is 9.97 Å². The van der Waals surface area contributed by atoms with E-state index in [-0.39, 0.29) is 36.9 Å². The fourth-order valence-corrected chi connectivity index (χ4v) is 5.85. The molecule has 0 aliphatic rings. The molecule has 0 spiro atoms. The summed E-state index contributed by atoms with van der Waals surface area (Å²) < 4.78 is 41.4. The second-order valence-corrected chi connectivity index (χ2v) is 12.0. The quantitative estimate of drug-likeness (QED) is 0.162. The van der Waals surface area contributed by atoms with Crippen LogP contribution in [0.25, 0.3) is 55.6 Å². The molecule has 3 heterocycles. The van der Waals surface area contributed by atoms with Gasteiger partial charge in [0.25, 0.3) is 0 Å². The molecule has 1 radical (unpaired) electrons. The Morgan fingerprint density at radius 1 is 0.694 bits per heavy atom. The summed E-state index contributed by atoms with van der Waals surface area (Å²) in [5, 5.41) is 2.04. The van der Waals surface area contributed by atoms with Crippen LogP contribution in [0.2, 0.25) is 0 Å². The van der Waals surface area contributed by atoms with Crippen molar-refractivity contribution in [2.45, 2.75) is 26.1 Å². The first kappa shape index (κ1) is 29.9. The van der Waals surface area contributed by atoms with Gasteiger partial charge in [-0.3, -0.25) is 0 Å². The summed E-state index contributed by atoms with van der Waals surface area (Å²) in [6.07, 6.45) is 3.18. The van der Waals surface area contributed by atoms with Crippen LogP contribution in [0.1, 0.15) is 34.7 Å². The minimum atomic E-state index is -2.15. The second-order valence-electron chi connectivity index (χ2n) is 12.0.